The van der Waals surface area contributed by atoms with Crippen LogP contribution in [0.2, 0.25) is 0 Å². The van der Waals surface area contributed by atoms with Gasteiger partial charge in [0.1, 0.15) is 5.78 Å². The van der Waals surface area contributed by atoms with E-state index in [0.29, 0.717) is 11.7 Å². The summed E-state index contributed by atoms with van der Waals surface area (Å²) in [4.78, 5) is 11.8. The minimum absolute atomic E-state index is 0.210. The van der Waals surface area contributed by atoms with Crippen molar-refractivity contribution in [3.05, 3.63) is 0 Å². The first kappa shape index (κ1) is 16.6. The van der Waals surface area contributed by atoms with E-state index in [4.69, 9.17) is 0 Å². The molecule has 0 aromatic carbocycles. The molecule has 0 saturated carbocycles. The molecule has 0 amide bonds. The van der Waals surface area contributed by atoms with Crippen LogP contribution < -0.4 is 5.32 Å². The summed E-state index contributed by atoms with van der Waals surface area (Å²) in [6.07, 6.45) is 4.12. The number of ketones is 1. The van der Waals surface area contributed by atoms with Crippen LogP contribution in [0.15, 0.2) is 0 Å². The average Bonchev–Trinajstić information content (AvgIpc) is 2.19. The van der Waals surface area contributed by atoms with Crippen LogP contribution >= 0.6 is 0 Å². The van der Waals surface area contributed by atoms with E-state index in [1.807, 2.05) is 6.92 Å². The second-order valence-corrected chi connectivity index (χ2v) is 6.49. The monoisotopic (exact) mass is 241 g/mol. The van der Waals surface area contributed by atoms with E-state index in [0.717, 1.165) is 25.8 Å². The number of carbonyl (C=O) groups is 1. The third-order valence-corrected chi connectivity index (χ3v) is 3.26. The van der Waals surface area contributed by atoms with E-state index in [-0.39, 0.29) is 11.5 Å². The lowest BCUT2D eigenvalue weighted by Gasteiger charge is -2.20. The van der Waals surface area contributed by atoms with Crippen LogP contribution in [0.3, 0.4) is 0 Å². The first-order valence-corrected chi connectivity index (χ1v) is 7.02. The molecule has 0 aliphatic rings. The number of nitrogens with one attached hydrogen (secondary N) is 1. The van der Waals surface area contributed by atoms with Gasteiger partial charge in [0.2, 0.25) is 0 Å². The molecule has 1 atom stereocenters. The molecule has 2 nitrogen and oxygen atoms in total. The van der Waals surface area contributed by atoms with Crippen LogP contribution in [-0.2, 0) is 4.79 Å². The molecule has 0 spiro atoms. The molecular weight excluding hydrogens is 210 g/mol. The van der Waals surface area contributed by atoms with Crippen LogP contribution in [0.25, 0.3) is 0 Å². The minimum atomic E-state index is 0.210. The van der Waals surface area contributed by atoms with Crippen LogP contribution in [0.4, 0.5) is 0 Å². The van der Waals surface area contributed by atoms with Crippen molar-refractivity contribution in [3.63, 3.8) is 0 Å². The van der Waals surface area contributed by atoms with Crippen LogP contribution in [-0.4, -0.2) is 17.9 Å². The van der Waals surface area contributed by atoms with Crippen molar-refractivity contribution in [2.75, 3.05) is 6.54 Å². The molecule has 102 valence electrons. The van der Waals surface area contributed by atoms with E-state index in [1.165, 1.54) is 6.42 Å². The molecule has 0 bridgehead atoms. The lowest BCUT2D eigenvalue weighted by molar-refractivity contribution is -0.123. The highest BCUT2D eigenvalue weighted by Gasteiger charge is 2.15. The normalized spacial score (nSPS) is 14.1. The molecular formula is C15H31NO. The fourth-order valence-electron chi connectivity index (χ4n) is 1.66. The Morgan fingerprint density at radius 3 is 2.12 bits per heavy atom. The van der Waals surface area contributed by atoms with Gasteiger partial charge >= 0.3 is 0 Å². The summed E-state index contributed by atoms with van der Waals surface area (Å²) >= 11 is 0. The molecule has 1 unspecified atom stereocenters. The Hall–Kier alpha value is -0.370. The van der Waals surface area contributed by atoms with Crippen LogP contribution in [0, 0.1) is 11.8 Å². The van der Waals surface area contributed by atoms with Crippen molar-refractivity contribution in [1.29, 1.82) is 0 Å². The second kappa shape index (κ2) is 7.86. The quantitative estimate of drug-likeness (QED) is 0.655. The zero-order chi connectivity index (χ0) is 13.5. The van der Waals surface area contributed by atoms with Crippen LogP contribution in [0.1, 0.15) is 67.2 Å². The van der Waals surface area contributed by atoms with Gasteiger partial charge in [-0.2, -0.15) is 0 Å². The van der Waals surface area contributed by atoms with Gasteiger partial charge in [-0.05, 0) is 46.1 Å². The van der Waals surface area contributed by atoms with Crippen molar-refractivity contribution in [3.8, 4) is 0 Å². The van der Waals surface area contributed by atoms with E-state index >= 15 is 0 Å². The van der Waals surface area contributed by atoms with E-state index < -0.39 is 0 Å². The molecule has 0 saturated heterocycles. The maximum Gasteiger partial charge on any atom is 0.135 e. The highest BCUT2D eigenvalue weighted by Crippen LogP contribution is 2.14. The third kappa shape index (κ3) is 9.34. The molecule has 0 fully saturated rings. The highest BCUT2D eigenvalue weighted by molar-refractivity contribution is 5.80. The van der Waals surface area contributed by atoms with Gasteiger partial charge in [-0.1, -0.05) is 27.2 Å². The lowest BCUT2D eigenvalue weighted by atomic mass is 9.91. The van der Waals surface area contributed by atoms with Gasteiger partial charge in [0, 0.05) is 17.9 Å². The highest BCUT2D eigenvalue weighted by atomic mass is 16.1. The lowest BCUT2D eigenvalue weighted by Crippen LogP contribution is -2.36. The summed E-state index contributed by atoms with van der Waals surface area (Å²) in [7, 11) is 0. The summed E-state index contributed by atoms with van der Waals surface area (Å²) < 4.78 is 0. The predicted molar refractivity (Wildman–Crippen MR) is 75.2 cm³/mol. The Bertz CT molecular complexity index is 215. The standard InChI is InChI=1S/C15H31NO/c1-12(2)13(3)14(17)10-8-7-9-11-16-15(4,5)6/h12-13,16H,7-11H2,1-6H3. The Morgan fingerprint density at radius 1 is 1.06 bits per heavy atom. The van der Waals surface area contributed by atoms with Crippen molar-refractivity contribution in [2.45, 2.75) is 72.8 Å². The topological polar surface area (TPSA) is 29.1 Å². The van der Waals surface area contributed by atoms with Gasteiger partial charge < -0.3 is 5.32 Å². The second-order valence-electron chi connectivity index (χ2n) is 6.49. The van der Waals surface area contributed by atoms with Gasteiger partial charge in [-0.3, -0.25) is 4.79 Å². The summed E-state index contributed by atoms with van der Waals surface area (Å²) in [5.74, 6) is 1.14. The molecule has 0 rings (SSSR count). The molecule has 0 aromatic heterocycles. The van der Waals surface area contributed by atoms with Crippen molar-refractivity contribution in [2.24, 2.45) is 11.8 Å². The van der Waals surface area contributed by atoms with Gasteiger partial charge in [-0.15, -0.1) is 0 Å². The smallest absolute Gasteiger partial charge is 0.135 e. The number of Topliss-reactive ketones (excluding diaryl/α,β-unsaturated/α-hetero) is 1. The minimum Gasteiger partial charge on any atom is -0.312 e. The fraction of sp³-hybridized carbons (Fsp3) is 0.933. The van der Waals surface area contributed by atoms with E-state index in [1.54, 1.807) is 0 Å². The maximum absolute atomic E-state index is 11.8. The summed E-state index contributed by atoms with van der Waals surface area (Å²) in [5.41, 5.74) is 0.210. The molecule has 0 heterocycles. The molecule has 0 aliphatic carbocycles. The first-order chi connectivity index (χ1) is 7.74. The summed E-state index contributed by atoms with van der Waals surface area (Å²) in [6, 6.07) is 0. The summed E-state index contributed by atoms with van der Waals surface area (Å²) in [6.45, 7) is 13.9. The number of unbranched alkanes of at least 4 members (excludes halogenated alkanes) is 2. The van der Waals surface area contributed by atoms with Gasteiger partial charge in [0.05, 0.1) is 0 Å². The zero-order valence-electron chi connectivity index (χ0n) is 12.6. The Morgan fingerprint density at radius 2 is 1.65 bits per heavy atom. The molecule has 0 aromatic rings. The maximum atomic E-state index is 11.8. The Balaban J connectivity index is 3.49. The van der Waals surface area contributed by atoms with Crippen LogP contribution in [0.5, 0.6) is 0 Å². The van der Waals surface area contributed by atoms with E-state index in [2.05, 4.69) is 39.9 Å². The zero-order valence-corrected chi connectivity index (χ0v) is 12.6. The molecule has 17 heavy (non-hydrogen) atoms. The average molecular weight is 241 g/mol. The van der Waals surface area contributed by atoms with Gasteiger partial charge in [0.25, 0.3) is 0 Å². The van der Waals surface area contributed by atoms with Gasteiger partial charge in [0.15, 0.2) is 0 Å². The van der Waals surface area contributed by atoms with Crippen molar-refractivity contribution >= 4 is 5.78 Å². The molecule has 1 N–H and O–H groups in total. The fourth-order valence-corrected chi connectivity index (χ4v) is 1.66. The van der Waals surface area contributed by atoms with E-state index in [9.17, 15) is 4.79 Å². The van der Waals surface area contributed by atoms with Gasteiger partial charge in [-0.25, -0.2) is 0 Å². The molecule has 0 aliphatic heterocycles. The van der Waals surface area contributed by atoms with Crippen molar-refractivity contribution < 1.29 is 4.79 Å². The number of hydrogen-bond donors (Lipinski definition) is 1. The largest absolute Gasteiger partial charge is 0.312 e. The van der Waals surface area contributed by atoms with Crippen molar-refractivity contribution in [1.82, 2.24) is 5.32 Å². The molecule has 0 radical (unpaired) electrons. The predicted octanol–water partition coefficient (Wildman–Crippen LogP) is 3.80. The Kier molecular flexibility index (Phi) is 7.69. The SMILES string of the molecule is CC(C)C(C)C(=O)CCCCCNC(C)(C)C. The Labute approximate surface area is 108 Å². The third-order valence-electron chi connectivity index (χ3n) is 3.26. The molecule has 2 heteroatoms. The number of hydrogen-bond acceptors (Lipinski definition) is 2. The number of carbonyl (C=O) groups excluding carboxylic acids is 1. The number of rotatable bonds is 8. The first-order valence-electron chi connectivity index (χ1n) is 7.02. The summed E-state index contributed by atoms with van der Waals surface area (Å²) in [5, 5.41) is 3.47.